The van der Waals surface area contributed by atoms with Crippen LogP contribution in [0.4, 0.5) is 17.1 Å². The Morgan fingerprint density at radius 2 is 1.77 bits per heavy atom. The summed E-state index contributed by atoms with van der Waals surface area (Å²) in [5, 5.41) is 1.71. The molecule has 160 valence electrons. The van der Waals surface area contributed by atoms with E-state index in [0.29, 0.717) is 6.54 Å². The highest BCUT2D eigenvalue weighted by Crippen LogP contribution is 2.49. The molecule has 0 bridgehead atoms. The molecular weight excluding hydrogens is 428 g/mol. The molecule has 0 radical (unpaired) electrons. The Kier molecular flexibility index (Phi) is 5.69. The number of aliphatic imine (C=N–C) groups is 1. The van der Waals surface area contributed by atoms with Gasteiger partial charge >= 0.3 is 0 Å². The van der Waals surface area contributed by atoms with E-state index in [9.17, 15) is 4.79 Å². The topological polar surface area (TPSA) is 48.4 Å². The summed E-state index contributed by atoms with van der Waals surface area (Å²) < 4.78 is 5.43. The summed E-state index contributed by atoms with van der Waals surface area (Å²) in [5.41, 5.74) is 3.17. The lowest BCUT2D eigenvalue weighted by atomic mass is 10.2. The van der Waals surface area contributed by atoms with E-state index in [4.69, 9.17) is 9.73 Å². The molecular formula is C23H24N4O2S2. The van der Waals surface area contributed by atoms with E-state index >= 15 is 0 Å². The molecule has 0 N–H and O–H groups in total. The van der Waals surface area contributed by atoms with Crippen molar-refractivity contribution < 1.29 is 9.53 Å². The quantitative estimate of drug-likeness (QED) is 0.639. The van der Waals surface area contributed by atoms with Crippen LogP contribution in [0.2, 0.25) is 0 Å². The van der Waals surface area contributed by atoms with E-state index in [1.807, 2.05) is 38.2 Å². The summed E-state index contributed by atoms with van der Waals surface area (Å²) in [4.78, 5) is 26.1. The fourth-order valence-electron chi connectivity index (χ4n) is 3.87. The molecule has 6 nitrogen and oxygen atoms in total. The molecule has 0 atom stereocenters. The minimum atomic E-state index is 0.0262. The lowest BCUT2D eigenvalue weighted by molar-refractivity contribution is -0.122. The van der Waals surface area contributed by atoms with Crippen molar-refractivity contribution in [3.05, 3.63) is 58.5 Å². The predicted molar refractivity (Wildman–Crippen MR) is 129 cm³/mol. The third-order valence-corrected chi connectivity index (χ3v) is 7.99. The second kappa shape index (κ2) is 8.61. The fourth-order valence-corrected chi connectivity index (χ4v) is 6.28. The number of amides is 1. The van der Waals surface area contributed by atoms with Crippen molar-refractivity contribution in [3.63, 3.8) is 0 Å². The van der Waals surface area contributed by atoms with Gasteiger partial charge < -0.3 is 14.5 Å². The second-order valence-electron chi connectivity index (χ2n) is 7.42. The molecule has 3 heterocycles. The largest absolute Gasteiger partial charge is 0.378 e. The Balaban J connectivity index is 1.41. The van der Waals surface area contributed by atoms with Crippen LogP contribution in [0.3, 0.4) is 0 Å². The zero-order chi connectivity index (χ0) is 21.4. The minimum Gasteiger partial charge on any atom is -0.378 e. The Hall–Kier alpha value is -2.42. The van der Waals surface area contributed by atoms with E-state index in [1.165, 1.54) is 22.3 Å². The van der Waals surface area contributed by atoms with Crippen LogP contribution in [0.25, 0.3) is 0 Å². The molecule has 0 unspecified atom stereocenters. The molecule has 0 spiro atoms. The highest BCUT2D eigenvalue weighted by Gasteiger charge is 2.38. The van der Waals surface area contributed by atoms with Crippen LogP contribution in [0.1, 0.15) is 6.92 Å². The van der Waals surface area contributed by atoms with Gasteiger partial charge in [-0.2, -0.15) is 0 Å². The van der Waals surface area contributed by atoms with E-state index in [2.05, 4.69) is 34.1 Å². The zero-order valence-corrected chi connectivity index (χ0v) is 19.2. The van der Waals surface area contributed by atoms with Gasteiger partial charge in [0, 0.05) is 37.3 Å². The molecule has 5 rings (SSSR count). The number of amidine groups is 1. The van der Waals surface area contributed by atoms with E-state index in [0.717, 1.165) is 52.8 Å². The Labute approximate surface area is 190 Å². The van der Waals surface area contributed by atoms with Gasteiger partial charge in [0.05, 0.1) is 29.6 Å². The fraction of sp³-hybridized carbons (Fsp3) is 0.304. The number of anilines is 2. The van der Waals surface area contributed by atoms with E-state index in [-0.39, 0.29) is 5.91 Å². The number of benzene rings is 2. The zero-order valence-electron chi connectivity index (χ0n) is 17.6. The number of carbonyl (C=O) groups excluding carboxylic acids is 1. The SMILES string of the molecule is CCN1C(=O)C(=C2Sc3ccccc3N2C)SC1=Nc1ccc(N2CCOCC2)cc1. The van der Waals surface area contributed by atoms with Crippen LogP contribution < -0.4 is 9.80 Å². The lowest BCUT2D eigenvalue weighted by Gasteiger charge is -2.28. The maximum Gasteiger partial charge on any atom is 0.269 e. The van der Waals surface area contributed by atoms with Crippen molar-refractivity contribution in [1.29, 1.82) is 0 Å². The van der Waals surface area contributed by atoms with Gasteiger partial charge in [-0.05, 0) is 55.1 Å². The highest BCUT2D eigenvalue weighted by molar-refractivity contribution is 8.19. The average molecular weight is 453 g/mol. The summed E-state index contributed by atoms with van der Waals surface area (Å²) in [5.74, 6) is 0.0262. The van der Waals surface area contributed by atoms with Crippen molar-refractivity contribution in [2.45, 2.75) is 11.8 Å². The summed E-state index contributed by atoms with van der Waals surface area (Å²) in [6, 6.07) is 16.5. The van der Waals surface area contributed by atoms with Gasteiger partial charge in [0.1, 0.15) is 4.91 Å². The molecule has 31 heavy (non-hydrogen) atoms. The van der Waals surface area contributed by atoms with Crippen molar-refractivity contribution in [2.24, 2.45) is 4.99 Å². The highest BCUT2D eigenvalue weighted by atomic mass is 32.2. The maximum atomic E-state index is 13.2. The number of carbonyl (C=O) groups is 1. The Morgan fingerprint density at radius 1 is 1.03 bits per heavy atom. The lowest BCUT2D eigenvalue weighted by Crippen LogP contribution is -2.36. The van der Waals surface area contributed by atoms with Gasteiger partial charge in [-0.15, -0.1) is 0 Å². The minimum absolute atomic E-state index is 0.0262. The maximum absolute atomic E-state index is 13.2. The van der Waals surface area contributed by atoms with E-state index < -0.39 is 0 Å². The second-order valence-corrected chi connectivity index (χ2v) is 9.43. The molecule has 1 amide bonds. The van der Waals surface area contributed by atoms with Crippen LogP contribution in [0.15, 0.2) is 68.4 Å². The number of morpholine rings is 1. The molecule has 2 aromatic rings. The molecule has 2 fully saturated rings. The van der Waals surface area contributed by atoms with Crippen LogP contribution in [-0.4, -0.2) is 55.9 Å². The number of rotatable bonds is 3. The van der Waals surface area contributed by atoms with Gasteiger partial charge in [0.2, 0.25) is 0 Å². The third kappa shape index (κ3) is 3.84. The first kappa shape index (κ1) is 20.5. The monoisotopic (exact) mass is 452 g/mol. The molecule has 8 heteroatoms. The summed E-state index contributed by atoms with van der Waals surface area (Å²) in [6.45, 7) is 5.93. The first-order chi connectivity index (χ1) is 15.2. The first-order valence-electron chi connectivity index (χ1n) is 10.4. The molecule has 2 saturated heterocycles. The van der Waals surface area contributed by atoms with Crippen molar-refractivity contribution in [2.75, 3.05) is 49.7 Å². The number of hydrogen-bond acceptors (Lipinski definition) is 7. The first-order valence-corrected chi connectivity index (χ1v) is 12.0. The number of fused-ring (bicyclic) bond motifs is 1. The van der Waals surface area contributed by atoms with Crippen molar-refractivity contribution >= 4 is 51.7 Å². The van der Waals surface area contributed by atoms with Gasteiger partial charge in [0.15, 0.2) is 5.17 Å². The number of ether oxygens (including phenoxy) is 1. The molecule has 2 aromatic carbocycles. The van der Waals surface area contributed by atoms with Crippen LogP contribution >= 0.6 is 23.5 Å². The Morgan fingerprint density at radius 3 is 2.48 bits per heavy atom. The average Bonchev–Trinajstić information content (AvgIpc) is 3.31. The van der Waals surface area contributed by atoms with Crippen molar-refractivity contribution in [3.8, 4) is 0 Å². The smallest absolute Gasteiger partial charge is 0.269 e. The van der Waals surface area contributed by atoms with Crippen LogP contribution in [-0.2, 0) is 9.53 Å². The number of para-hydroxylation sites is 1. The molecule has 0 aliphatic carbocycles. The standard InChI is InChI=1S/C23H24N4O2S2/c1-3-27-21(28)20(22-25(2)18-6-4-5-7-19(18)30-22)31-23(27)24-16-8-10-17(11-9-16)26-12-14-29-15-13-26/h4-11H,3,12-15H2,1-2H3. The number of thioether (sulfide) groups is 2. The van der Waals surface area contributed by atoms with Crippen LogP contribution in [0, 0.1) is 0 Å². The van der Waals surface area contributed by atoms with Gasteiger partial charge in [-0.1, -0.05) is 23.9 Å². The van der Waals surface area contributed by atoms with Gasteiger partial charge in [-0.3, -0.25) is 9.69 Å². The normalized spacial score (nSPS) is 22.6. The number of likely N-dealkylation sites (N-methyl/N-ethyl adjacent to an activating group) is 1. The summed E-state index contributed by atoms with van der Waals surface area (Å²) in [6.07, 6.45) is 0. The number of nitrogens with zero attached hydrogens (tertiary/aromatic N) is 4. The van der Waals surface area contributed by atoms with Crippen LogP contribution in [0.5, 0.6) is 0 Å². The molecule has 3 aliphatic rings. The molecule has 0 aromatic heterocycles. The number of hydrogen-bond donors (Lipinski definition) is 0. The summed E-state index contributed by atoms with van der Waals surface area (Å²) in [7, 11) is 2.02. The van der Waals surface area contributed by atoms with Crippen molar-refractivity contribution in [1.82, 2.24) is 4.90 Å². The van der Waals surface area contributed by atoms with Gasteiger partial charge in [-0.25, -0.2) is 4.99 Å². The predicted octanol–water partition coefficient (Wildman–Crippen LogP) is 4.52. The molecule has 3 aliphatic heterocycles. The third-order valence-electron chi connectivity index (χ3n) is 5.56. The van der Waals surface area contributed by atoms with E-state index in [1.54, 1.807) is 16.7 Å². The molecule has 0 saturated carbocycles. The Bertz CT molecular complexity index is 1060. The van der Waals surface area contributed by atoms with Gasteiger partial charge in [0.25, 0.3) is 5.91 Å². The summed E-state index contributed by atoms with van der Waals surface area (Å²) >= 11 is 3.12.